The largest absolute Gasteiger partial charge is 0.310 e. The van der Waals surface area contributed by atoms with E-state index in [0.717, 1.165) is 0 Å². The zero-order valence-electron chi connectivity index (χ0n) is 40.5. The van der Waals surface area contributed by atoms with Gasteiger partial charge >= 0.3 is 0 Å². The number of nitrogens with zero attached hydrogens (tertiary/aromatic N) is 1. The minimum absolute atomic E-state index is 0.000116. The van der Waals surface area contributed by atoms with Crippen molar-refractivity contribution in [1.82, 2.24) is 0 Å². The Labute approximate surface area is 403 Å². The maximum Gasteiger partial charge on any atom is 0.182 e. The molecule has 3 aliphatic heterocycles. The molecule has 1 nitrogen and oxygen atoms in total. The second-order valence-electron chi connectivity index (χ2n) is 22.5. The predicted molar refractivity (Wildman–Crippen MR) is 290 cm³/mol. The Morgan fingerprint density at radius 1 is 0.353 bits per heavy atom. The first-order chi connectivity index (χ1) is 32.7. The molecule has 68 heavy (non-hydrogen) atoms. The van der Waals surface area contributed by atoms with E-state index in [4.69, 9.17) is 0 Å². The lowest BCUT2D eigenvalue weighted by atomic mass is 9.53. The standard InChI is InChI=1S/C66H57NSi/c1-63(2,3)44-31-34-48-49-35-32-45(64(4,5)6)40-61(49)68(60(48)39-44)59-29-19-12-22-47(59)50-36-33-46(41-62(50)68)67-57-28-18-17-27-55(57)66(56-38-43(30-37-58(56)67)42-20-10-9-11-21-42)53-25-15-13-23-51(53)65(7,8)52-24-14-16-26-54(52)66/h9-41H,1-8H3. The van der Waals surface area contributed by atoms with E-state index in [-0.39, 0.29) is 16.2 Å². The Morgan fingerprint density at radius 3 is 1.43 bits per heavy atom. The van der Waals surface area contributed by atoms with Gasteiger partial charge in [0.1, 0.15) is 0 Å². The monoisotopic (exact) mass is 891 g/mol. The van der Waals surface area contributed by atoms with Crippen LogP contribution in [-0.4, -0.2) is 8.07 Å². The first-order valence-corrected chi connectivity index (χ1v) is 26.6. The summed E-state index contributed by atoms with van der Waals surface area (Å²) < 4.78 is 0. The molecule has 9 aromatic rings. The van der Waals surface area contributed by atoms with Crippen molar-refractivity contribution in [2.45, 2.75) is 77.0 Å². The van der Waals surface area contributed by atoms with E-state index in [0.29, 0.717) is 0 Å². The third kappa shape index (κ3) is 5.33. The van der Waals surface area contributed by atoms with Crippen LogP contribution in [0.15, 0.2) is 200 Å². The Kier molecular flexibility index (Phi) is 8.50. The molecule has 1 aliphatic carbocycles. The Bertz CT molecular complexity index is 3460. The maximum absolute atomic E-state index is 2.88. The van der Waals surface area contributed by atoms with Crippen molar-refractivity contribution in [3.63, 3.8) is 0 Å². The van der Waals surface area contributed by atoms with E-state index in [2.05, 4.69) is 260 Å². The average molecular weight is 892 g/mol. The zero-order valence-corrected chi connectivity index (χ0v) is 41.5. The summed E-state index contributed by atoms with van der Waals surface area (Å²) in [6.45, 7) is 19.0. The molecule has 0 amide bonds. The second-order valence-corrected chi connectivity index (χ2v) is 26.1. The molecule has 13 rings (SSSR count). The zero-order chi connectivity index (χ0) is 46.5. The van der Waals surface area contributed by atoms with E-state index >= 15 is 0 Å². The molecule has 330 valence electrons. The molecule has 0 saturated heterocycles. The molecule has 4 aliphatic rings. The molecule has 0 aromatic heterocycles. The average Bonchev–Trinajstić information content (AvgIpc) is 3.81. The number of hydrogen-bond acceptors (Lipinski definition) is 1. The van der Waals surface area contributed by atoms with Gasteiger partial charge in [0.2, 0.25) is 0 Å². The third-order valence-corrected chi connectivity index (χ3v) is 21.4. The van der Waals surface area contributed by atoms with E-state index in [1.807, 2.05) is 0 Å². The molecule has 0 atom stereocenters. The lowest BCUT2D eigenvalue weighted by Crippen LogP contribution is -2.71. The molecular weight excluding hydrogens is 835 g/mol. The van der Waals surface area contributed by atoms with Gasteiger partial charge in [-0.15, -0.1) is 0 Å². The molecule has 0 radical (unpaired) electrons. The van der Waals surface area contributed by atoms with Crippen molar-refractivity contribution in [2.24, 2.45) is 0 Å². The van der Waals surface area contributed by atoms with Gasteiger partial charge < -0.3 is 4.90 Å². The molecule has 9 aromatic carbocycles. The number of para-hydroxylation sites is 1. The van der Waals surface area contributed by atoms with Crippen LogP contribution in [0, 0.1) is 0 Å². The van der Waals surface area contributed by atoms with E-state index in [1.165, 1.54) is 116 Å². The summed E-state index contributed by atoms with van der Waals surface area (Å²) in [4.78, 5) is 2.62. The van der Waals surface area contributed by atoms with Crippen molar-refractivity contribution in [3.05, 3.63) is 245 Å². The highest BCUT2D eigenvalue weighted by molar-refractivity contribution is 7.24. The van der Waals surface area contributed by atoms with Crippen molar-refractivity contribution in [3.8, 4) is 33.4 Å². The lowest BCUT2D eigenvalue weighted by molar-refractivity contribution is 0.556. The van der Waals surface area contributed by atoms with Gasteiger partial charge in [-0.05, 0) is 140 Å². The van der Waals surface area contributed by atoms with Crippen molar-refractivity contribution in [1.29, 1.82) is 0 Å². The molecule has 0 unspecified atom stereocenters. The summed E-state index contributed by atoms with van der Waals surface area (Å²) in [5.41, 5.74) is 21.8. The normalized spacial score (nSPS) is 16.0. The molecule has 2 spiro atoms. The molecule has 0 N–H and O–H groups in total. The van der Waals surface area contributed by atoms with Gasteiger partial charge in [-0.3, -0.25) is 0 Å². The van der Waals surface area contributed by atoms with Crippen LogP contribution >= 0.6 is 0 Å². The molecule has 2 heteroatoms. The van der Waals surface area contributed by atoms with Crippen LogP contribution in [0.25, 0.3) is 33.4 Å². The van der Waals surface area contributed by atoms with E-state index in [9.17, 15) is 0 Å². The first kappa shape index (κ1) is 41.2. The predicted octanol–water partition coefficient (Wildman–Crippen LogP) is 14.1. The van der Waals surface area contributed by atoms with E-state index < -0.39 is 13.5 Å². The van der Waals surface area contributed by atoms with Gasteiger partial charge in [0, 0.05) is 11.1 Å². The summed E-state index contributed by atoms with van der Waals surface area (Å²) in [5, 5.41) is 6.05. The smallest absolute Gasteiger partial charge is 0.182 e. The van der Waals surface area contributed by atoms with Gasteiger partial charge in [-0.1, -0.05) is 225 Å². The second kappa shape index (κ2) is 14.0. The van der Waals surface area contributed by atoms with E-state index in [1.54, 1.807) is 0 Å². The summed E-state index contributed by atoms with van der Waals surface area (Å²) in [7, 11) is -2.88. The number of rotatable bonds is 2. The highest BCUT2D eigenvalue weighted by atomic mass is 28.3. The maximum atomic E-state index is 2.64. The Hall–Kier alpha value is -7.00. The van der Waals surface area contributed by atoms with Gasteiger partial charge in [-0.25, -0.2) is 0 Å². The van der Waals surface area contributed by atoms with Crippen LogP contribution in [0.2, 0.25) is 0 Å². The fourth-order valence-electron chi connectivity index (χ4n) is 13.2. The van der Waals surface area contributed by atoms with Crippen LogP contribution in [-0.2, 0) is 21.7 Å². The van der Waals surface area contributed by atoms with Gasteiger partial charge in [-0.2, -0.15) is 0 Å². The van der Waals surface area contributed by atoms with Crippen LogP contribution in [0.3, 0.4) is 0 Å². The number of fused-ring (bicyclic) bond motifs is 18. The number of hydrogen-bond donors (Lipinski definition) is 0. The minimum atomic E-state index is -2.88. The number of anilines is 3. The Balaban J connectivity index is 1.13. The molecule has 0 fully saturated rings. The lowest BCUT2D eigenvalue weighted by Gasteiger charge is -2.52. The summed E-state index contributed by atoms with van der Waals surface area (Å²) in [5.74, 6) is 0. The van der Waals surface area contributed by atoms with Gasteiger partial charge in [0.15, 0.2) is 8.07 Å². The topological polar surface area (TPSA) is 3.24 Å². The van der Waals surface area contributed by atoms with Gasteiger partial charge in [0.05, 0.1) is 16.8 Å². The Morgan fingerprint density at radius 2 is 0.824 bits per heavy atom. The molecule has 0 bridgehead atoms. The molecule has 3 heterocycles. The van der Waals surface area contributed by atoms with Crippen molar-refractivity contribution in [2.75, 3.05) is 4.90 Å². The van der Waals surface area contributed by atoms with Crippen LogP contribution < -0.4 is 25.6 Å². The summed E-state index contributed by atoms with van der Waals surface area (Å²) in [6.07, 6.45) is 0. The van der Waals surface area contributed by atoms with Crippen molar-refractivity contribution >= 4 is 45.9 Å². The fourth-order valence-corrected chi connectivity index (χ4v) is 18.9. The summed E-state index contributed by atoms with van der Waals surface area (Å²) >= 11 is 0. The van der Waals surface area contributed by atoms with Crippen LogP contribution in [0.5, 0.6) is 0 Å². The minimum Gasteiger partial charge on any atom is -0.310 e. The first-order valence-electron chi connectivity index (χ1n) is 24.6. The van der Waals surface area contributed by atoms with Crippen LogP contribution in [0.1, 0.15) is 99.9 Å². The fraction of sp³-hybridized carbons (Fsp3) is 0.182. The highest BCUT2D eigenvalue weighted by Crippen LogP contribution is 2.63. The highest BCUT2D eigenvalue weighted by Gasteiger charge is 2.56. The third-order valence-electron chi connectivity index (χ3n) is 16.5. The number of benzene rings is 9. The quantitative estimate of drug-likeness (QED) is 0.156. The molecular formula is C66H57NSi. The van der Waals surface area contributed by atoms with Gasteiger partial charge in [0.25, 0.3) is 0 Å². The van der Waals surface area contributed by atoms with Crippen LogP contribution in [0.4, 0.5) is 17.1 Å². The summed E-state index contributed by atoms with van der Waals surface area (Å²) in [6, 6.07) is 78.1. The van der Waals surface area contributed by atoms with Crippen molar-refractivity contribution < 1.29 is 0 Å². The SMILES string of the molecule is CC(C)(C)c1ccc2c(c1)[Si]1(c3ccccc3-c3ccc(N4c5ccccc5C5(c6cc(-c7ccccc7)ccc64)c4ccccc4C(C)(C)c4ccccc45)cc31)c1cc(C(C)(C)C)ccc1-2. The molecule has 0 saturated carbocycles.